The third-order valence-corrected chi connectivity index (χ3v) is 1.92. The summed E-state index contributed by atoms with van der Waals surface area (Å²) in [7, 11) is 0. The number of hydrogen-bond donors (Lipinski definition) is 5. The summed E-state index contributed by atoms with van der Waals surface area (Å²) in [6, 6.07) is -0.512. The lowest BCUT2D eigenvalue weighted by atomic mass is 10.0. The highest BCUT2D eigenvalue weighted by atomic mass is 16.4. The Hall–Kier alpha value is -0.200. The van der Waals surface area contributed by atoms with Crippen LogP contribution in [0.25, 0.3) is 0 Å². The molecular formula is C6H14N2O3. The number of β-amino-alcohol motifs (C(OH)–C–C–N with tert-alkyl or cyclic N) is 1. The molecule has 6 N–H and O–H groups in total. The summed E-state index contributed by atoms with van der Waals surface area (Å²) in [5, 5.41) is 30.3. The van der Waals surface area contributed by atoms with Crippen molar-refractivity contribution in [2.24, 2.45) is 5.73 Å². The predicted molar refractivity (Wildman–Crippen MR) is 38.9 cm³/mol. The van der Waals surface area contributed by atoms with Crippen molar-refractivity contribution in [2.75, 3.05) is 13.1 Å². The van der Waals surface area contributed by atoms with Crippen molar-refractivity contribution in [1.29, 1.82) is 0 Å². The first-order valence-corrected chi connectivity index (χ1v) is 3.63. The monoisotopic (exact) mass is 162 g/mol. The molecule has 1 fully saturated rings. The molecule has 0 bridgehead atoms. The van der Waals surface area contributed by atoms with Gasteiger partial charge in [0.1, 0.15) is 6.10 Å². The first-order chi connectivity index (χ1) is 5.13. The third kappa shape index (κ3) is 1.88. The summed E-state index contributed by atoms with van der Waals surface area (Å²) in [5.41, 5.74) is 5.45. The molecule has 5 heteroatoms. The lowest BCUT2D eigenvalue weighted by Gasteiger charge is -2.21. The van der Waals surface area contributed by atoms with Crippen LogP contribution in [0.2, 0.25) is 0 Å². The smallest absolute Gasteiger partial charge is 0.109 e. The minimum Gasteiger partial charge on any atom is -0.389 e. The van der Waals surface area contributed by atoms with Crippen molar-refractivity contribution < 1.29 is 15.3 Å². The summed E-state index contributed by atoms with van der Waals surface area (Å²) >= 11 is 0. The topological polar surface area (TPSA) is 98.7 Å². The van der Waals surface area contributed by atoms with Gasteiger partial charge >= 0.3 is 0 Å². The van der Waals surface area contributed by atoms with E-state index in [4.69, 9.17) is 10.8 Å². The Kier molecular flexibility index (Phi) is 2.80. The molecule has 0 aliphatic carbocycles. The van der Waals surface area contributed by atoms with E-state index in [0.717, 1.165) is 0 Å². The van der Waals surface area contributed by atoms with E-state index in [9.17, 15) is 10.2 Å². The Balaban J connectivity index is 2.58. The summed E-state index contributed by atoms with van der Waals surface area (Å²) in [6.45, 7) is 0.682. The van der Waals surface area contributed by atoms with Crippen LogP contribution >= 0.6 is 0 Å². The second-order valence-corrected chi connectivity index (χ2v) is 2.87. The fraction of sp³-hybridized carbons (Fsp3) is 1.00. The molecule has 1 heterocycles. The number of rotatable bonds is 0. The molecule has 66 valence electrons. The Labute approximate surface area is 64.8 Å². The molecule has 1 aliphatic rings. The zero-order valence-corrected chi connectivity index (χ0v) is 6.14. The van der Waals surface area contributed by atoms with Crippen molar-refractivity contribution in [2.45, 2.75) is 24.4 Å². The van der Waals surface area contributed by atoms with Gasteiger partial charge in [0.05, 0.1) is 12.2 Å². The van der Waals surface area contributed by atoms with Gasteiger partial charge in [0.15, 0.2) is 0 Å². The van der Waals surface area contributed by atoms with Gasteiger partial charge in [0.2, 0.25) is 0 Å². The molecule has 0 unspecified atom stereocenters. The van der Waals surface area contributed by atoms with Crippen LogP contribution in [0.15, 0.2) is 0 Å². The first kappa shape index (κ1) is 8.89. The Morgan fingerprint density at radius 3 is 2.36 bits per heavy atom. The molecule has 0 aromatic carbocycles. The van der Waals surface area contributed by atoms with Crippen LogP contribution in [0, 0.1) is 0 Å². The molecule has 0 aromatic rings. The fourth-order valence-corrected chi connectivity index (χ4v) is 1.12. The average molecular weight is 162 g/mol. The summed E-state index contributed by atoms with van der Waals surface area (Å²) in [4.78, 5) is 0. The number of nitrogens with one attached hydrogen (secondary N) is 1. The lowest BCUT2D eigenvalue weighted by molar-refractivity contribution is -0.0556. The SMILES string of the molecule is N[C@@H]1CNC[C@@H](O)[C@H](O)[C@@H]1O. The van der Waals surface area contributed by atoms with E-state index in [1.54, 1.807) is 0 Å². The van der Waals surface area contributed by atoms with Crippen LogP contribution in [0.5, 0.6) is 0 Å². The minimum atomic E-state index is -1.14. The fourth-order valence-electron chi connectivity index (χ4n) is 1.12. The van der Waals surface area contributed by atoms with E-state index in [-0.39, 0.29) is 6.54 Å². The van der Waals surface area contributed by atoms with Crippen LogP contribution in [0.3, 0.4) is 0 Å². The van der Waals surface area contributed by atoms with Crippen molar-refractivity contribution >= 4 is 0 Å². The largest absolute Gasteiger partial charge is 0.389 e. The van der Waals surface area contributed by atoms with E-state index in [1.807, 2.05) is 0 Å². The second-order valence-electron chi connectivity index (χ2n) is 2.87. The summed E-state index contributed by atoms with van der Waals surface area (Å²) in [6.07, 6.45) is -3.11. The van der Waals surface area contributed by atoms with E-state index in [0.29, 0.717) is 6.54 Å². The van der Waals surface area contributed by atoms with Gasteiger partial charge in [-0.15, -0.1) is 0 Å². The molecule has 0 amide bonds. The lowest BCUT2D eigenvalue weighted by Crippen LogP contribution is -2.47. The van der Waals surface area contributed by atoms with Gasteiger partial charge in [-0.1, -0.05) is 0 Å². The molecule has 4 atom stereocenters. The first-order valence-electron chi connectivity index (χ1n) is 3.63. The molecule has 0 saturated carbocycles. The molecule has 0 aromatic heterocycles. The van der Waals surface area contributed by atoms with Gasteiger partial charge in [0.25, 0.3) is 0 Å². The highest BCUT2D eigenvalue weighted by molar-refractivity contribution is 4.89. The Bertz CT molecular complexity index is 119. The molecule has 11 heavy (non-hydrogen) atoms. The van der Waals surface area contributed by atoms with Gasteiger partial charge in [-0.25, -0.2) is 0 Å². The molecule has 1 saturated heterocycles. The highest BCUT2D eigenvalue weighted by Gasteiger charge is 2.31. The Morgan fingerprint density at radius 1 is 1.09 bits per heavy atom. The zero-order chi connectivity index (χ0) is 8.43. The molecule has 5 nitrogen and oxygen atoms in total. The van der Waals surface area contributed by atoms with Crippen LogP contribution in [-0.2, 0) is 0 Å². The maximum absolute atomic E-state index is 9.22. The molecule has 0 spiro atoms. The molecular weight excluding hydrogens is 148 g/mol. The van der Waals surface area contributed by atoms with Crippen LogP contribution in [-0.4, -0.2) is 52.8 Å². The van der Waals surface area contributed by atoms with Crippen molar-refractivity contribution in [1.82, 2.24) is 5.32 Å². The van der Waals surface area contributed by atoms with Crippen molar-refractivity contribution in [3.8, 4) is 0 Å². The summed E-state index contributed by atoms with van der Waals surface area (Å²) in [5.74, 6) is 0. The van der Waals surface area contributed by atoms with E-state index < -0.39 is 24.4 Å². The average Bonchev–Trinajstić information content (AvgIpc) is 2.07. The van der Waals surface area contributed by atoms with E-state index in [1.165, 1.54) is 0 Å². The summed E-state index contributed by atoms with van der Waals surface area (Å²) < 4.78 is 0. The minimum absolute atomic E-state index is 0.270. The van der Waals surface area contributed by atoms with Gasteiger partial charge < -0.3 is 26.4 Å². The third-order valence-electron chi connectivity index (χ3n) is 1.92. The maximum Gasteiger partial charge on any atom is 0.109 e. The normalized spacial score (nSPS) is 46.9. The maximum atomic E-state index is 9.22. The van der Waals surface area contributed by atoms with Gasteiger partial charge in [-0.05, 0) is 0 Å². The molecule has 1 rings (SSSR count). The standard InChI is InChI=1S/C6H14N2O3/c7-3-1-8-2-4(9)6(11)5(3)10/h3-6,8-11H,1-2,7H2/t3-,4-,5-,6+/m1/s1. The number of aliphatic hydroxyl groups is 3. The van der Waals surface area contributed by atoms with Crippen LogP contribution in [0.4, 0.5) is 0 Å². The quantitative estimate of drug-likeness (QED) is 0.261. The van der Waals surface area contributed by atoms with E-state index in [2.05, 4.69) is 5.32 Å². The number of aliphatic hydroxyl groups excluding tert-OH is 3. The number of hydrogen-bond acceptors (Lipinski definition) is 5. The Morgan fingerprint density at radius 2 is 1.73 bits per heavy atom. The van der Waals surface area contributed by atoms with Crippen LogP contribution < -0.4 is 11.1 Å². The van der Waals surface area contributed by atoms with Gasteiger partial charge in [0, 0.05) is 19.1 Å². The second kappa shape index (κ2) is 3.46. The molecule has 0 radical (unpaired) electrons. The molecule has 1 aliphatic heterocycles. The van der Waals surface area contributed by atoms with Crippen molar-refractivity contribution in [3.63, 3.8) is 0 Å². The van der Waals surface area contributed by atoms with Gasteiger partial charge in [-0.3, -0.25) is 0 Å². The van der Waals surface area contributed by atoms with Crippen LogP contribution in [0.1, 0.15) is 0 Å². The van der Waals surface area contributed by atoms with E-state index >= 15 is 0 Å². The number of nitrogens with two attached hydrogens (primary N) is 1. The van der Waals surface area contributed by atoms with Crippen molar-refractivity contribution in [3.05, 3.63) is 0 Å². The predicted octanol–water partition coefficient (Wildman–Crippen LogP) is -3.00. The zero-order valence-electron chi connectivity index (χ0n) is 6.14. The van der Waals surface area contributed by atoms with Gasteiger partial charge in [-0.2, -0.15) is 0 Å². The highest BCUT2D eigenvalue weighted by Crippen LogP contribution is 2.05.